The van der Waals surface area contributed by atoms with Gasteiger partial charge in [-0.25, -0.2) is 4.98 Å². The van der Waals surface area contributed by atoms with Gasteiger partial charge >= 0.3 is 0 Å². The Bertz CT molecular complexity index is 977. The second-order valence-electron chi connectivity index (χ2n) is 6.88. The summed E-state index contributed by atoms with van der Waals surface area (Å²) in [7, 11) is 1.83. The van der Waals surface area contributed by atoms with Crippen LogP contribution in [0.4, 0.5) is 5.13 Å². The molecule has 3 aromatic rings. The zero-order valence-corrected chi connectivity index (χ0v) is 18.6. The first-order valence-corrected chi connectivity index (χ1v) is 10.9. The summed E-state index contributed by atoms with van der Waals surface area (Å²) in [6, 6.07) is 5.85. The summed E-state index contributed by atoms with van der Waals surface area (Å²) < 4.78 is 8.29. The molecular formula is C21H29N5O2S. The highest BCUT2D eigenvalue weighted by molar-refractivity contribution is 7.22. The van der Waals surface area contributed by atoms with Crippen molar-refractivity contribution >= 4 is 32.6 Å². The molecule has 156 valence electrons. The molecule has 0 saturated carbocycles. The van der Waals surface area contributed by atoms with Crippen LogP contribution in [0, 0.1) is 6.92 Å². The van der Waals surface area contributed by atoms with Crippen LogP contribution in [-0.4, -0.2) is 58.4 Å². The third kappa shape index (κ3) is 4.76. The molecule has 0 bridgehead atoms. The minimum absolute atomic E-state index is 0.112. The van der Waals surface area contributed by atoms with Crippen LogP contribution in [0.3, 0.4) is 0 Å². The number of carbonyl (C=O) groups excluding carboxylic acids is 1. The molecule has 7 nitrogen and oxygen atoms in total. The summed E-state index contributed by atoms with van der Waals surface area (Å²) in [5.74, 6) is 0.705. The van der Waals surface area contributed by atoms with Crippen LogP contribution in [0.25, 0.3) is 10.2 Å². The van der Waals surface area contributed by atoms with E-state index in [1.807, 2.05) is 45.3 Å². The Balaban J connectivity index is 1.96. The molecule has 2 aromatic heterocycles. The number of ether oxygens (including phenoxy) is 1. The largest absolute Gasteiger partial charge is 0.494 e. The fourth-order valence-corrected chi connectivity index (χ4v) is 4.29. The van der Waals surface area contributed by atoms with Crippen LogP contribution < -0.4 is 9.64 Å². The number of thiazole rings is 1. The first-order chi connectivity index (χ1) is 14.0. The van der Waals surface area contributed by atoms with Gasteiger partial charge in [0.2, 0.25) is 0 Å². The zero-order chi connectivity index (χ0) is 21.0. The Morgan fingerprint density at radius 1 is 1.21 bits per heavy atom. The summed E-state index contributed by atoms with van der Waals surface area (Å²) in [4.78, 5) is 22.2. The van der Waals surface area contributed by atoms with Crippen molar-refractivity contribution in [3.05, 3.63) is 35.7 Å². The summed E-state index contributed by atoms with van der Waals surface area (Å²) in [6.45, 7) is 12.0. The number of hydrogen-bond donors (Lipinski definition) is 0. The Hall–Kier alpha value is -2.45. The maximum absolute atomic E-state index is 13.4. The van der Waals surface area contributed by atoms with Gasteiger partial charge in [-0.1, -0.05) is 25.2 Å². The lowest BCUT2D eigenvalue weighted by atomic mass is 10.2. The first kappa shape index (κ1) is 21.3. The summed E-state index contributed by atoms with van der Waals surface area (Å²) >= 11 is 1.51. The lowest BCUT2D eigenvalue weighted by Crippen LogP contribution is -2.39. The van der Waals surface area contributed by atoms with Gasteiger partial charge in [0, 0.05) is 31.9 Å². The Labute approximate surface area is 175 Å². The van der Waals surface area contributed by atoms with E-state index in [0.717, 1.165) is 41.2 Å². The van der Waals surface area contributed by atoms with E-state index in [-0.39, 0.29) is 5.91 Å². The molecule has 29 heavy (non-hydrogen) atoms. The van der Waals surface area contributed by atoms with Crippen molar-refractivity contribution in [1.29, 1.82) is 0 Å². The number of hydrogen-bond acceptors (Lipinski definition) is 6. The number of carbonyl (C=O) groups is 1. The number of aromatic nitrogens is 3. The van der Waals surface area contributed by atoms with Crippen molar-refractivity contribution in [2.75, 3.05) is 37.7 Å². The van der Waals surface area contributed by atoms with Crippen LogP contribution in [0.5, 0.6) is 5.75 Å². The molecule has 0 atom stereocenters. The summed E-state index contributed by atoms with van der Waals surface area (Å²) in [5, 5.41) is 5.08. The summed E-state index contributed by atoms with van der Waals surface area (Å²) in [5.41, 5.74) is 2.21. The maximum Gasteiger partial charge on any atom is 0.280 e. The fourth-order valence-electron chi connectivity index (χ4n) is 3.28. The molecule has 0 unspecified atom stereocenters. The number of likely N-dealkylation sites (N-methyl/N-ethyl adjacent to an activating group) is 1. The van der Waals surface area contributed by atoms with Gasteiger partial charge in [-0.3, -0.25) is 14.4 Å². The van der Waals surface area contributed by atoms with E-state index in [1.54, 1.807) is 9.58 Å². The van der Waals surface area contributed by atoms with E-state index in [9.17, 15) is 4.79 Å². The average molecular weight is 416 g/mol. The molecule has 1 amide bonds. The standard InChI is InChI=1S/C21H29N5O2S/c1-6-25(7-2)11-12-26(20(27)19-15(4)14-24(5)23-19)21-22-17-10-9-16(28-8-3)13-18(17)29-21/h9-10,13-14H,6-8,11-12H2,1-5H3. The van der Waals surface area contributed by atoms with E-state index in [4.69, 9.17) is 9.72 Å². The van der Waals surface area contributed by atoms with Crippen LogP contribution in [0.2, 0.25) is 0 Å². The smallest absolute Gasteiger partial charge is 0.280 e. The molecule has 8 heteroatoms. The maximum atomic E-state index is 13.4. The number of nitrogens with zero attached hydrogens (tertiary/aromatic N) is 5. The molecule has 0 aliphatic carbocycles. The second-order valence-corrected chi connectivity index (χ2v) is 7.89. The van der Waals surface area contributed by atoms with E-state index in [2.05, 4.69) is 23.8 Å². The van der Waals surface area contributed by atoms with Crippen molar-refractivity contribution < 1.29 is 9.53 Å². The van der Waals surface area contributed by atoms with E-state index >= 15 is 0 Å². The van der Waals surface area contributed by atoms with Gasteiger partial charge in [-0.2, -0.15) is 5.10 Å². The molecule has 0 aliphatic rings. The van der Waals surface area contributed by atoms with Gasteiger partial charge in [0.1, 0.15) is 5.75 Å². The van der Waals surface area contributed by atoms with Crippen molar-refractivity contribution in [1.82, 2.24) is 19.7 Å². The number of anilines is 1. The second kappa shape index (κ2) is 9.37. The monoisotopic (exact) mass is 415 g/mol. The van der Waals surface area contributed by atoms with Gasteiger partial charge < -0.3 is 9.64 Å². The van der Waals surface area contributed by atoms with Crippen LogP contribution in [0.1, 0.15) is 36.8 Å². The molecular weight excluding hydrogens is 386 g/mol. The predicted octanol–water partition coefficient (Wildman–Crippen LogP) is 3.73. The lowest BCUT2D eigenvalue weighted by Gasteiger charge is -2.24. The number of amides is 1. The van der Waals surface area contributed by atoms with Gasteiger partial charge in [0.15, 0.2) is 10.8 Å². The van der Waals surface area contributed by atoms with Crippen molar-refractivity contribution in [3.63, 3.8) is 0 Å². The average Bonchev–Trinajstić information content (AvgIpc) is 3.27. The fraction of sp³-hybridized carbons (Fsp3) is 0.476. The number of aryl methyl sites for hydroxylation is 2. The Morgan fingerprint density at radius 2 is 1.97 bits per heavy atom. The molecule has 1 aromatic carbocycles. The molecule has 0 saturated heterocycles. The molecule has 3 rings (SSSR count). The van der Waals surface area contributed by atoms with Crippen molar-refractivity contribution in [3.8, 4) is 5.75 Å². The van der Waals surface area contributed by atoms with E-state index < -0.39 is 0 Å². The zero-order valence-electron chi connectivity index (χ0n) is 17.8. The molecule has 0 spiro atoms. The van der Waals surface area contributed by atoms with Gasteiger partial charge in [-0.15, -0.1) is 0 Å². The Kier molecular flexibility index (Phi) is 6.87. The van der Waals surface area contributed by atoms with Gasteiger partial charge in [0.05, 0.1) is 16.8 Å². The quantitative estimate of drug-likeness (QED) is 0.533. The Morgan fingerprint density at radius 3 is 2.59 bits per heavy atom. The number of benzene rings is 1. The van der Waals surface area contributed by atoms with E-state index in [0.29, 0.717) is 24.0 Å². The summed E-state index contributed by atoms with van der Waals surface area (Å²) in [6.07, 6.45) is 1.86. The lowest BCUT2D eigenvalue weighted by molar-refractivity contribution is 0.0977. The minimum atomic E-state index is -0.112. The van der Waals surface area contributed by atoms with Gasteiger partial charge in [-0.05, 0) is 45.1 Å². The van der Waals surface area contributed by atoms with Crippen LogP contribution in [0.15, 0.2) is 24.4 Å². The molecule has 0 fully saturated rings. The SMILES string of the molecule is CCOc1ccc2nc(N(CCN(CC)CC)C(=O)c3nn(C)cc3C)sc2c1. The third-order valence-electron chi connectivity index (χ3n) is 4.88. The number of fused-ring (bicyclic) bond motifs is 1. The first-order valence-electron chi connectivity index (χ1n) is 10.0. The van der Waals surface area contributed by atoms with Gasteiger partial charge in [0.25, 0.3) is 5.91 Å². The highest BCUT2D eigenvalue weighted by Crippen LogP contribution is 2.32. The highest BCUT2D eigenvalue weighted by Gasteiger charge is 2.25. The normalized spacial score (nSPS) is 11.4. The molecule has 0 radical (unpaired) electrons. The highest BCUT2D eigenvalue weighted by atomic mass is 32.1. The predicted molar refractivity (Wildman–Crippen MR) is 118 cm³/mol. The van der Waals surface area contributed by atoms with Crippen molar-refractivity contribution in [2.45, 2.75) is 27.7 Å². The molecule has 0 N–H and O–H groups in total. The third-order valence-corrected chi connectivity index (χ3v) is 5.93. The topological polar surface area (TPSA) is 63.5 Å². The number of rotatable bonds is 9. The molecule has 2 heterocycles. The molecule has 0 aliphatic heterocycles. The van der Waals surface area contributed by atoms with Crippen LogP contribution >= 0.6 is 11.3 Å². The van der Waals surface area contributed by atoms with E-state index in [1.165, 1.54) is 11.3 Å². The minimum Gasteiger partial charge on any atom is -0.494 e. The van der Waals surface area contributed by atoms with Crippen molar-refractivity contribution in [2.24, 2.45) is 7.05 Å². The van der Waals surface area contributed by atoms with Crippen LogP contribution in [-0.2, 0) is 7.05 Å².